The molecule has 7 heterocycles. The Morgan fingerprint density at radius 2 is 1.74 bits per heavy atom. The molecule has 68 heavy (non-hydrogen) atoms. The predicted octanol–water partition coefficient (Wildman–Crippen LogP) is -2.51. The third-order valence-corrected chi connectivity index (χ3v) is 12.7. The second kappa shape index (κ2) is 16.5. The quantitative estimate of drug-likeness (QED) is 0.0299. The van der Waals surface area contributed by atoms with Crippen LogP contribution in [0.1, 0.15) is 29.2 Å². The van der Waals surface area contributed by atoms with Crippen molar-refractivity contribution < 1.29 is 94.2 Å². The number of H-pyrrole nitrogens is 1. The highest BCUT2D eigenvalue weighted by atomic mass is 16.8. The first-order chi connectivity index (χ1) is 32.2. The minimum atomic E-state index is -3.87. The number of aromatic amines is 1. The predicted molar refractivity (Wildman–Crippen MR) is 225 cm³/mol. The molecular weight excluding hydrogens is 902 g/mol. The van der Waals surface area contributed by atoms with Gasteiger partial charge in [-0.15, -0.1) is 0 Å². The zero-order chi connectivity index (χ0) is 48.8. The molecular formula is C45H43N3O20. The molecule has 23 nitrogen and oxygen atoms in total. The number of esters is 1. The van der Waals surface area contributed by atoms with Crippen LogP contribution in [0, 0.1) is 11.8 Å². The second-order valence-electron chi connectivity index (χ2n) is 16.9. The Labute approximate surface area is 381 Å². The first-order valence-corrected chi connectivity index (χ1v) is 20.8. The molecule has 2 aromatic carbocycles. The van der Waals surface area contributed by atoms with Crippen LogP contribution in [0.15, 0.2) is 87.4 Å². The van der Waals surface area contributed by atoms with E-state index in [9.17, 15) is 75.7 Å². The summed E-state index contributed by atoms with van der Waals surface area (Å²) in [6, 6.07) is 7.75. The molecule has 2 saturated heterocycles. The van der Waals surface area contributed by atoms with Gasteiger partial charge in [-0.05, 0) is 48.3 Å². The number of dihydropyridines is 1. The number of carboxylic acid groups (broad SMARTS) is 1. The maximum absolute atomic E-state index is 14.6. The summed E-state index contributed by atoms with van der Waals surface area (Å²) in [5, 5.41) is 135. The Morgan fingerprint density at radius 1 is 0.971 bits per heavy atom. The lowest BCUT2D eigenvalue weighted by Crippen LogP contribution is -2.76. The van der Waals surface area contributed by atoms with Crippen molar-refractivity contribution in [3.8, 4) is 46.2 Å². The van der Waals surface area contributed by atoms with Crippen molar-refractivity contribution in [2.45, 2.75) is 90.9 Å². The van der Waals surface area contributed by atoms with Gasteiger partial charge in [-0.1, -0.05) is 18.1 Å². The minimum absolute atomic E-state index is 0.0441. The van der Waals surface area contributed by atoms with Crippen LogP contribution in [0.5, 0.6) is 23.0 Å². The first-order valence-electron chi connectivity index (χ1n) is 20.8. The number of nitrogens with two attached hydrogens (primary N) is 1. The number of carboxylic acids is 1. The number of aromatic nitrogens is 1. The molecule has 9 rings (SSSR count). The molecule has 0 aliphatic carbocycles. The van der Waals surface area contributed by atoms with E-state index in [1.165, 1.54) is 18.3 Å². The fourth-order valence-electron chi connectivity index (χ4n) is 9.10. The molecule has 11 unspecified atom stereocenters. The van der Waals surface area contributed by atoms with Crippen molar-refractivity contribution in [1.29, 1.82) is 0 Å². The van der Waals surface area contributed by atoms with Gasteiger partial charge in [-0.25, -0.2) is 9.59 Å². The normalized spacial score (nSPS) is 32.8. The molecule has 2 spiro atoms. The zero-order valence-corrected chi connectivity index (χ0v) is 35.0. The molecule has 2 fully saturated rings. The first kappa shape index (κ1) is 46.3. The molecule has 4 aromatic rings. The number of fused-ring (bicyclic) bond motifs is 4. The Bertz CT molecular complexity index is 2950. The number of carbonyl (C=O) groups excluding carboxylic acids is 1. The molecule has 2 aromatic heterocycles. The van der Waals surface area contributed by atoms with E-state index in [-0.39, 0.29) is 40.9 Å². The molecule has 5 aliphatic heterocycles. The fourth-order valence-corrected chi connectivity index (χ4v) is 9.10. The topological polar surface area (TPSA) is 398 Å². The number of aliphatic hydroxyl groups excluding tert-OH is 6. The van der Waals surface area contributed by atoms with Gasteiger partial charge >= 0.3 is 11.9 Å². The van der Waals surface area contributed by atoms with E-state index in [2.05, 4.69) is 16.2 Å². The van der Waals surface area contributed by atoms with Crippen LogP contribution < -0.4 is 21.2 Å². The SMILES string of the molecule is NC1C=CC(C2C=C(Cc3ccc[nH]3)C3(Oc4cc5oc(-c6cc(O)c(O)c(CCO)c6)cc(=O)c5c(O)c42)OC2(CC#CC4(C(=O)O)OC(OC2=O)C(O)C(O)C4(O)O)C(O)C(O)C3O)=CN1. The Kier molecular flexibility index (Phi) is 11.2. The van der Waals surface area contributed by atoms with Crippen LogP contribution in [0.3, 0.4) is 0 Å². The number of allylic oxidation sites excluding steroid dienone is 3. The molecule has 0 saturated carbocycles. The summed E-state index contributed by atoms with van der Waals surface area (Å²) in [7, 11) is 0. The highest BCUT2D eigenvalue weighted by Gasteiger charge is 2.72. The summed E-state index contributed by atoms with van der Waals surface area (Å²) in [6.45, 7) is -0.425. The van der Waals surface area contributed by atoms with Crippen molar-refractivity contribution in [2.75, 3.05) is 6.61 Å². The maximum Gasteiger partial charge on any atom is 0.354 e. The van der Waals surface area contributed by atoms with E-state index in [4.69, 9.17) is 29.1 Å². The number of aliphatic carboxylic acids is 1. The Hall–Kier alpha value is -6.79. The molecule has 0 amide bonds. The van der Waals surface area contributed by atoms with Crippen LogP contribution >= 0.6 is 0 Å². The Morgan fingerprint density at radius 3 is 2.41 bits per heavy atom. The van der Waals surface area contributed by atoms with Crippen molar-refractivity contribution in [3.05, 3.63) is 105 Å². The fraction of sp³-hybridized carbons (Fsp3) is 0.356. The summed E-state index contributed by atoms with van der Waals surface area (Å²) in [5.41, 5.74) is -1.26. The summed E-state index contributed by atoms with van der Waals surface area (Å²) >= 11 is 0. The molecule has 11 atom stereocenters. The number of benzene rings is 2. The zero-order valence-electron chi connectivity index (χ0n) is 35.0. The number of aromatic hydroxyl groups is 3. The van der Waals surface area contributed by atoms with Crippen molar-refractivity contribution in [3.63, 3.8) is 0 Å². The third kappa shape index (κ3) is 6.93. The van der Waals surface area contributed by atoms with Gasteiger partial charge in [0, 0.05) is 71.4 Å². The highest BCUT2D eigenvalue weighted by molar-refractivity contribution is 5.90. The number of aliphatic hydroxyl groups is 8. The minimum Gasteiger partial charge on any atom is -0.507 e. The summed E-state index contributed by atoms with van der Waals surface area (Å²) in [6.07, 6.45) is -10.2. The maximum atomic E-state index is 14.6. The lowest BCUT2D eigenvalue weighted by molar-refractivity contribution is -0.394. The average Bonchev–Trinajstić information content (AvgIpc) is 3.79. The lowest BCUT2D eigenvalue weighted by atomic mass is 9.77. The van der Waals surface area contributed by atoms with Gasteiger partial charge in [-0.2, -0.15) is 0 Å². The van der Waals surface area contributed by atoms with E-state index in [0.29, 0.717) is 11.3 Å². The third-order valence-electron chi connectivity index (χ3n) is 12.7. The van der Waals surface area contributed by atoms with Crippen LogP contribution in [0.4, 0.5) is 0 Å². The monoisotopic (exact) mass is 945 g/mol. The van der Waals surface area contributed by atoms with Gasteiger partial charge in [0.05, 0.1) is 12.6 Å². The number of phenols is 3. The van der Waals surface area contributed by atoms with Crippen molar-refractivity contribution in [1.82, 2.24) is 10.3 Å². The summed E-state index contributed by atoms with van der Waals surface area (Å²) in [5.74, 6) is -10.4. The van der Waals surface area contributed by atoms with Gasteiger partial charge in [0.1, 0.15) is 52.6 Å². The average molecular weight is 946 g/mol. The standard InChI is InChI=1S/C45H43N3O20/c46-29-5-4-19(17-48-29)23-14-21(13-22-3-1-9-47-22)44(66-28-16-27-31(33(53)30(23)28)24(50)15-26(64-27)20-11-18(6-10-49)32(52)25(51)12-20)37(57)34(54)36(56)42(68-44)7-2-8-43(40(59)60)45(62,63)38(58)35(55)39(67-43)65-41(42)61/h1,3-5,9,11-12,14-17,23,29,34-39,47-49,51-58,62-63H,6-7,10,13,46H2,(H,59,60). The van der Waals surface area contributed by atoms with Crippen molar-refractivity contribution >= 4 is 22.9 Å². The second-order valence-corrected chi connectivity index (χ2v) is 16.9. The van der Waals surface area contributed by atoms with Gasteiger partial charge in [0.2, 0.25) is 17.7 Å². The van der Waals surface area contributed by atoms with Crippen LogP contribution in [-0.2, 0) is 36.6 Å². The highest BCUT2D eigenvalue weighted by Crippen LogP contribution is 2.54. The summed E-state index contributed by atoms with van der Waals surface area (Å²) in [4.78, 5) is 44.4. The van der Waals surface area contributed by atoms with Crippen LogP contribution in [0.25, 0.3) is 22.3 Å². The molecule has 0 radical (unpaired) electrons. The number of rotatable bonds is 7. The smallest absolute Gasteiger partial charge is 0.354 e. The molecule has 2 bridgehead atoms. The number of hydrogen-bond acceptors (Lipinski definition) is 21. The van der Waals surface area contributed by atoms with E-state index in [1.54, 1.807) is 30.5 Å². The Balaban J connectivity index is 1.30. The lowest BCUT2D eigenvalue weighted by Gasteiger charge is -2.53. The van der Waals surface area contributed by atoms with Crippen LogP contribution in [0.2, 0.25) is 0 Å². The number of phenolic OH excluding ortho intramolecular Hbond substituents is 3. The van der Waals surface area contributed by atoms with Gasteiger partial charge < -0.3 is 101 Å². The molecule has 23 heteroatoms. The number of ether oxygens (including phenoxy) is 4. The number of carbonyl (C=O) groups is 2. The molecule has 5 aliphatic rings. The van der Waals surface area contributed by atoms with Gasteiger partial charge in [0.15, 0.2) is 23.0 Å². The van der Waals surface area contributed by atoms with Crippen molar-refractivity contribution in [2.24, 2.45) is 5.73 Å². The van der Waals surface area contributed by atoms with E-state index >= 15 is 0 Å². The van der Waals surface area contributed by atoms with E-state index in [1.807, 2.05) is 5.92 Å². The molecule has 16 N–H and O–H groups in total. The number of nitrogens with one attached hydrogen (secondary N) is 2. The van der Waals surface area contributed by atoms with Gasteiger partial charge in [0.25, 0.3) is 11.4 Å². The van der Waals surface area contributed by atoms with Crippen LogP contribution in [-0.4, -0.2) is 151 Å². The number of hydrogen-bond donors (Lipinski definition) is 15. The van der Waals surface area contributed by atoms with E-state index < -0.39 is 136 Å². The van der Waals surface area contributed by atoms with Gasteiger partial charge in [-0.3, -0.25) is 4.79 Å². The van der Waals surface area contributed by atoms with E-state index in [0.717, 1.165) is 18.2 Å². The summed E-state index contributed by atoms with van der Waals surface area (Å²) < 4.78 is 30.0. The molecule has 358 valence electrons. The largest absolute Gasteiger partial charge is 0.507 e.